The van der Waals surface area contributed by atoms with Gasteiger partial charge in [-0.25, -0.2) is 0 Å². The molecule has 1 unspecified atom stereocenters. The lowest BCUT2D eigenvalue weighted by molar-refractivity contribution is -0.136. The number of nitrogens with one attached hydrogen (secondary N) is 1. The quantitative estimate of drug-likeness (QED) is 0.666. The van der Waals surface area contributed by atoms with Crippen LogP contribution in [0.1, 0.15) is 25.7 Å². The summed E-state index contributed by atoms with van der Waals surface area (Å²) < 4.78 is 0. The third-order valence-corrected chi connectivity index (χ3v) is 3.05. The number of aliphatic carboxylic acids is 1. The maximum absolute atomic E-state index is 10.3. The SMILES string of the molecule is O=C(O)CCNC1CCN(C2CC2)C1. The molecule has 0 aromatic rings. The molecular weight excluding hydrogens is 180 g/mol. The average Bonchev–Trinajstić information content (AvgIpc) is 2.87. The largest absolute Gasteiger partial charge is 0.481 e. The maximum Gasteiger partial charge on any atom is 0.304 e. The highest BCUT2D eigenvalue weighted by Gasteiger charge is 2.33. The first-order chi connectivity index (χ1) is 6.75. The van der Waals surface area contributed by atoms with Crippen LogP contribution in [0.15, 0.2) is 0 Å². The minimum atomic E-state index is -0.713. The summed E-state index contributed by atoms with van der Waals surface area (Å²) in [5, 5.41) is 11.8. The van der Waals surface area contributed by atoms with Crippen LogP contribution in [-0.2, 0) is 4.79 Å². The van der Waals surface area contributed by atoms with Crippen LogP contribution in [0.4, 0.5) is 0 Å². The zero-order valence-corrected chi connectivity index (χ0v) is 8.41. The van der Waals surface area contributed by atoms with E-state index in [2.05, 4.69) is 10.2 Å². The van der Waals surface area contributed by atoms with Crippen molar-refractivity contribution in [3.8, 4) is 0 Å². The van der Waals surface area contributed by atoms with Gasteiger partial charge in [-0.2, -0.15) is 0 Å². The minimum Gasteiger partial charge on any atom is -0.481 e. The summed E-state index contributed by atoms with van der Waals surface area (Å²) in [6, 6.07) is 1.37. The smallest absolute Gasteiger partial charge is 0.304 e. The molecule has 1 atom stereocenters. The summed E-state index contributed by atoms with van der Waals surface area (Å²) >= 11 is 0. The lowest BCUT2D eigenvalue weighted by atomic mass is 10.2. The van der Waals surface area contributed by atoms with E-state index in [0.717, 1.165) is 12.6 Å². The van der Waals surface area contributed by atoms with Crippen molar-refractivity contribution in [1.82, 2.24) is 10.2 Å². The molecule has 2 rings (SSSR count). The molecule has 0 amide bonds. The first-order valence-corrected chi connectivity index (χ1v) is 5.45. The van der Waals surface area contributed by atoms with E-state index < -0.39 is 5.97 Å². The number of nitrogens with zero attached hydrogens (tertiary/aromatic N) is 1. The second-order valence-corrected chi connectivity index (χ2v) is 4.31. The Morgan fingerprint density at radius 1 is 1.43 bits per heavy atom. The van der Waals surface area contributed by atoms with E-state index in [0.29, 0.717) is 12.6 Å². The Bertz CT molecular complexity index is 216. The Labute approximate surface area is 84.3 Å². The molecule has 80 valence electrons. The van der Waals surface area contributed by atoms with E-state index in [1.807, 2.05) is 0 Å². The summed E-state index contributed by atoms with van der Waals surface area (Å²) in [7, 11) is 0. The molecule has 2 fully saturated rings. The lowest BCUT2D eigenvalue weighted by Crippen LogP contribution is -2.34. The third kappa shape index (κ3) is 2.69. The molecule has 0 aromatic heterocycles. The Morgan fingerprint density at radius 2 is 2.21 bits per heavy atom. The molecule has 0 aromatic carbocycles. The van der Waals surface area contributed by atoms with Crippen LogP contribution in [0.2, 0.25) is 0 Å². The highest BCUT2D eigenvalue weighted by atomic mass is 16.4. The van der Waals surface area contributed by atoms with E-state index >= 15 is 0 Å². The van der Waals surface area contributed by atoms with Crippen molar-refractivity contribution in [2.75, 3.05) is 19.6 Å². The zero-order valence-electron chi connectivity index (χ0n) is 8.41. The molecule has 14 heavy (non-hydrogen) atoms. The van der Waals surface area contributed by atoms with Crippen LogP contribution in [-0.4, -0.2) is 47.7 Å². The van der Waals surface area contributed by atoms with Gasteiger partial charge in [-0.3, -0.25) is 9.69 Å². The predicted octanol–water partition coefficient (Wildman–Crippen LogP) is 0.287. The normalized spacial score (nSPS) is 28.1. The monoisotopic (exact) mass is 198 g/mol. The molecule has 0 radical (unpaired) electrons. The molecule has 4 nitrogen and oxygen atoms in total. The van der Waals surface area contributed by atoms with Crippen molar-refractivity contribution in [1.29, 1.82) is 0 Å². The molecule has 1 aliphatic heterocycles. The minimum absolute atomic E-state index is 0.236. The predicted molar refractivity (Wildman–Crippen MR) is 53.3 cm³/mol. The number of carboxylic acids is 1. The summed E-state index contributed by atoms with van der Waals surface area (Å²) in [5.74, 6) is -0.713. The van der Waals surface area contributed by atoms with E-state index in [1.165, 1.54) is 25.8 Å². The second-order valence-electron chi connectivity index (χ2n) is 4.31. The van der Waals surface area contributed by atoms with Crippen LogP contribution in [0, 0.1) is 0 Å². The van der Waals surface area contributed by atoms with Crippen LogP contribution < -0.4 is 5.32 Å². The molecule has 1 saturated carbocycles. The lowest BCUT2D eigenvalue weighted by Gasteiger charge is -2.15. The molecule has 2 aliphatic rings. The Balaban J connectivity index is 1.60. The van der Waals surface area contributed by atoms with Crippen LogP contribution in [0.5, 0.6) is 0 Å². The first-order valence-electron chi connectivity index (χ1n) is 5.45. The topological polar surface area (TPSA) is 52.6 Å². The van der Waals surface area contributed by atoms with Gasteiger partial charge < -0.3 is 10.4 Å². The van der Waals surface area contributed by atoms with Crippen LogP contribution in [0.25, 0.3) is 0 Å². The molecule has 1 saturated heterocycles. The molecule has 0 spiro atoms. The van der Waals surface area contributed by atoms with Gasteiger partial charge in [-0.1, -0.05) is 0 Å². The first kappa shape index (κ1) is 9.93. The van der Waals surface area contributed by atoms with Gasteiger partial charge in [0.25, 0.3) is 0 Å². The van der Waals surface area contributed by atoms with Gasteiger partial charge in [-0.05, 0) is 19.3 Å². The number of hydrogen-bond donors (Lipinski definition) is 2. The van der Waals surface area contributed by atoms with Gasteiger partial charge in [-0.15, -0.1) is 0 Å². The summed E-state index contributed by atoms with van der Waals surface area (Å²) in [6.07, 6.45) is 4.14. The fourth-order valence-corrected chi connectivity index (χ4v) is 2.11. The molecule has 4 heteroatoms. The fourth-order valence-electron chi connectivity index (χ4n) is 2.11. The van der Waals surface area contributed by atoms with Gasteiger partial charge >= 0.3 is 5.97 Å². The number of likely N-dealkylation sites (tertiary alicyclic amines) is 1. The summed E-state index contributed by atoms with van der Waals surface area (Å²) in [5.41, 5.74) is 0. The van der Waals surface area contributed by atoms with Crippen LogP contribution in [0.3, 0.4) is 0 Å². The van der Waals surface area contributed by atoms with Crippen molar-refractivity contribution >= 4 is 5.97 Å². The highest BCUT2D eigenvalue weighted by Crippen LogP contribution is 2.29. The van der Waals surface area contributed by atoms with Crippen molar-refractivity contribution in [2.24, 2.45) is 0 Å². The van der Waals surface area contributed by atoms with E-state index in [-0.39, 0.29) is 6.42 Å². The third-order valence-electron chi connectivity index (χ3n) is 3.05. The van der Waals surface area contributed by atoms with E-state index in [4.69, 9.17) is 5.11 Å². The van der Waals surface area contributed by atoms with Gasteiger partial charge in [0.2, 0.25) is 0 Å². The Hall–Kier alpha value is -0.610. The average molecular weight is 198 g/mol. The van der Waals surface area contributed by atoms with Crippen molar-refractivity contribution in [2.45, 2.75) is 37.8 Å². The molecule has 2 N–H and O–H groups in total. The molecule has 0 bridgehead atoms. The Kier molecular flexibility index (Phi) is 3.03. The zero-order chi connectivity index (χ0) is 9.97. The molecular formula is C10H18N2O2. The molecule has 1 aliphatic carbocycles. The number of carbonyl (C=O) groups is 1. The van der Waals surface area contributed by atoms with Crippen molar-refractivity contribution < 1.29 is 9.90 Å². The van der Waals surface area contributed by atoms with Gasteiger partial charge in [0.15, 0.2) is 0 Å². The van der Waals surface area contributed by atoms with Gasteiger partial charge in [0.1, 0.15) is 0 Å². The highest BCUT2D eigenvalue weighted by molar-refractivity contribution is 5.66. The van der Waals surface area contributed by atoms with E-state index in [1.54, 1.807) is 0 Å². The van der Waals surface area contributed by atoms with E-state index in [9.17, 15) is 4.79 Å². The van der Waals surface area contributed by atoms with Crippen molar-refractivity contribution in [3.63, 3.8) is 0 Å². The maximum atomic E-state index is 10.3. The summed E-state index contributed by atoms with van der Waals surface area (Å²) in [4.78, 5) is 12.8. The Morgan fingerprint density at radius 3 is 2.86 bits per heavy atom. The fraction of sp³-hybridized carbons (Fsp3) is 0.900. The number of carboxylic acid groups (broad SMARTS) is 1. The van der Waals surface area contributed by atoms with Gasteiger partial charge in [0.05, 0.1) is 6.42 Å². The van der Waals surface area contributed by atoms with Gasteiger partial charge in [0, 0.05) is 31.7 Å². The number of hydrogen-bond acceptors (Lipinski definition) is 3. The second kappa shape index (κ2) is 4.28. The standard InChI is InChI=1S/C10H18N2O2/c13-10(14)3-5-11-8-4-6-12(7-8)9-1-2-9/h8-9,11H,1-7H2,(H,13,14). The van der Waals surface area contributed by atoms with Crippen LogP contribution >= 0.6 is 0 Å². The van der Waals surface area contributed by atoms with Crippen molar-refractivity contribution in [3.05, 3.63) is 0 Å². The summed E-state index contributed by atoms with van der Waals surface area (Å²) in [6.45, 7) is 2.91. The molecule has 1 heterocycles. The number of rotatable bonds is 5.